The van der Waals surface area contributed by atoms with Crippen molar-refractivity contribution in [1.29, 1.82) is 0 Å². The van der Waals surface area contributed by atoms with Gasteiger partial charge in [-0.05, 0) is 30.7 Å². The van der Waals surface area contributed by atoms with Crippen molar-refractivity contribution in [2.75, 3.05) is 26.1 Å². The zero-order chi connectivity index (χ0) is 18.2. The van der Waals surface area contributed by atoms with Crippen molar-refractivity contribution in [1.82, 2.24) is 5.43 Å². The van der Waals surface area contributed by atoms with E-state index in [0.717, 1.165) is 11.3 Å². The summed E-state index contributed by atoms with van der Waals surface area (Å²) >= 11 is 0. The van der Waals surface area contributed by atoms with Crippen LogP contribution in [-0.2, 0) is 4.79 Å². The maximum Gasteiger partial charge on any atom is 0.259 e. The molecule has 0 saturated carbocycles. The number of phenolic OH excluding ortho intramolecular Hbond substituents is 1. The van der Waals surface area contributed by atoms with Crippen molar-refractivity contribution < 1.29 is 19.4 Å². The Hall–Kier alpha value is -3.22. The second kappa shape index (κ2) is 8.58. The predicted molar refractivity (Wildman–Crippen MR) is 96.6 cm³/mol. The Bertz CT molecular complexity index is 750. The van der Waals surface area contributed by atoms with E-state index in [1.807, 2.05) is 31.2 Å². The Kier molecular flexibility index (Phi) is 6.22. The second-order valence-electron chi connectivity index (χ2n) is 5.24. The first-order valence-corrected chi connectivity index (χ1v) is 7.61. The number of para-hydroxylation sites is 1. The number of phenols is 1. The molecule has 0 spiro atoms. The fraction of sp³-hybridized carbons (Fsp3) is 0.222. The van der Waals surface area contributed by atoms with Crippen molar-refractivity contribution in [3.8, 4) is 17.2 Å². The number of hydrogen-bond donors (Lipinski definition) is 3. The number of hydrazone groups is 1. The van der Waals surface area contributed by atoms with Gasteiger partial charge in [0, 0.05) is 11.3 Å². The van der Waals surface area contributed by atoms with Crippen LogP contribution in [0.25, 0.3) is 0 Å². The first-order chi connectivity index (χ1) is 12.0. The molecule has 0 aliphatic carbocycles. The van der Waals surface area contributed by atoms with Crippen molar-refractivity contribution in [3.05, 3.63) is 47.5 Å². The maximum atomic E-state index is 11.8. The molecular formula is C18H21N3O4. The predicted octanol–water partition coefficient (Wildman–Crippen LogP) is 2.28. The van der Waals surface area contributed by atoms with Gasteiger partial charge < -0.3 is 19.9 Å². The minimum Gasteiger partial charge on any atom is -0.502 e. The van der Waals surface area contributed by atoms with Gasteiger partial charge >= 0.3 is 0 Å². The number of amides is 1. The number of hydrogen-bond acceptors (Lipinski definition) is 6. The number of nitrogens with one attached hydrogen (secondary N) is 2. The van der Waals surface area contributed by atoms with Crippen LogP contribution in [0.4, 0.5) is 5.69 Å². The second-order valence-corrected chi connectivity index (χ2v) is 5.24. The van der Waals surface area contributed by atoms with E-state index < -0.39 is 0 Å². The highest BCUT2D eigenvalue weighted by atomic mass is 16.5. The van der Waals surface area contributed by atoms with Crippen LogP contribution in [0.3, 0.4) is 0 Å². The molecule has 0 bridgehead atoms. The van der Waals surface area contributed by atoms with E-state index in [1.54, 1.807) is 12.1 Å². The van der Waals surface area contributed by atoms with Crippen LogP contribution < -0.4 is 20.2 Å². The van der Waals surface area contributed by atoms with E-state index in [9.17, 15) is 9.90 Å². The summed E-state index contributed by atoms with van der Waals surface area (Å²) in [7, 11) is 2.88. The lowest BCUT2D eigenvalue weighted by atomic mass is 10.2. The monoisotopic (exact) mass is 343 g/mol. The molecule has 0 fully saturated rings. The Morgan fingerprint density at radius 3 is 2.44 bits per heavy atom. The van der Waals surface area contributed by atoms with Crippen molar-refractivity contribution in [2.45, 2.75) is 6.92 Å². The highest BCUT2D eigenvalue weighted by Gasteiger charge is 2.10. The van der Waals surface area contributed by atoms with Crippen LogP contribution in [-0.4, -0.2) is 38.0 Å². The number of methoxy groups -OCH3 is 2. The molecule has 3 N–H and O–H groups in total. The Balaban J connectivity index is 1.94. The van der Waals surface area contributed by atoms with Gasteiger partial charge in [-0.3, -0.25) is 4.79 Å². The quantitative estimate of drug-likeness (QED) is 0.530. The first-order valence-electron chi connectivity index (χ1n) is 7.61. The summed E-state index contributed by atoms with van der Waals surface area (Å²) in [5.41, 5.74) is 5.00. The van der Waals surface area contributed by atoms with E-state index in [-0.39, 0.29) is 29.7 Å². The molecule has 0 radical (unpaired) electrons. The largest absolute Gasteiger partial charge is 0.502 e. The Morgan fingerprint density at radius 2 is 1.84 bits per heavy atom. The molecule has 7 nitrogen and oxygen atoms in total. The number of ether oxygens (including phenoxy) is 2. The van der Waals surface area contributed by atoms with Gasteiger partial charge in [0.15, 0.2) is 11.5 Å². The number of nitrogens with zero attached hydrogens (tertiary/aromatic N) is 1. The molecule has 0 aromatic heterocycles. The number of rotatable bonds is 7. The summed E-state index contributed by atoms with van der Waals surface area (Å²) in [6, 6.07) is 10.9. The van der Waals surface area contributed by atoms with Gasteiger partial charge in [0.05, 0.1) is 27.0 Å². The van der Waals surface area contributed by atoms with Crippen molar-refractivity contribution >= 4 is 17.8 Å². The molecule has 7 heteroatoms. The molecule has 0 saturated heterocycles. The van der Waals surface area contributed by atoms with Gasteiger partial charge in [0.25, 0.3) is 5.91 Å². The van der Waals surface area contributed by atoms with E-state index in [0.29, 0.717) is 5.56 Å². The highest BCUT2D eigenvalue weighted by molar-refractivity contribution is 5.85. The zero-order valence-electron chi connectivity index (χ0n) is 14.4. The lowest BCUT2D eigenvalue weighted by molar-refractivity contribution is -0.119. The van der Waals surface area contributed by atoms with Crippen LogP contribution in [0.5, 0.6) is 17.2 Å². The third-order valence-corrected chi connectivity index (χ3v) is 3.49. The van der Waals surface area contributed by atoms with Crippen LogP contribution in [0.2, 0.25) is 0 Å². The minimum atomic E-state index is -0.280. The zero-order valence-corrected chi connectivity index (χ0v) is 14.4. The summed E-state index contributed by atoms with van der Waals surface area (Å²) in [6.45, 7) is 2.06. The molecule has 0 aliphatic heterocycles. The smallest absolute Gasteiger partial charge is 0.259 e. The van der Waals surface area contributed by atoms with Gasteiger partial charge in [-0.1, -0.05) is 18.2 Å². The lowest BCUT2D eigenvalue weighted by Crippen LogP contribution is -2.26. The van der Waals surface area contributed by atoms with Gasteiger partial charge in [-0.15, -0.1) is 0 Å². The molecule has 1 amide bonds. The first kappa shape index (κ1) is 18.1. The topological polar surface area (TPSA) is 92.2 Å². The number of aromatic hydroxyl groups is 1. The lowest BCUT2D eigenvalue weighted by Gasteiger charge is -2.09. The summed E-state index contributed by atoms with van der Waals surface area (Å²) < 4.78 is 10.1. The van der Waals surface area contributed by atoms with E-state index in [2.05, 4.69) is 15.8 Å². The van der Waals surface area contributed by atoms with Gasteiger partial charge in [0.1, 0.15) is 0 Å². The Labute approximate surface area is 146 Å². The number of carbonyl (C=O) groups is 1. The SMILES string of the molecule is COc1cc(/C=N\NC(=O)CNc2ccccc2C)cc(OC)c1O. The number of carbonyl (C=O) groups excluding carboxylic acids is 1. The molecule has 2 aromatic rings. The third-order valence-electron chi connectivity index (χ3n) is 3.49. The standard InChI is InChI=1S/C18H21N3O4/c1-12-6-4-5-7-14(12)19-11-17(22)21-20-10-13-8-15(24-2)18(23)16(9-13)25-3/h4-10,19,23H,11H2,1-3H3,(H,21,22)/b20-10-. The fourth-order valence-electron chi connectivity index (χ4n) is 2.15. The number of aryl methyl sites for hydroxylation is 1. The highest BCUT2D eigenvalue weighted by Crippen LogP contribution is 2.36. The molecule has 25 heavy (non-hydrogen) atoms. The van der Waals surface area contributed by atoms with E-state index >= 15 is 0 Å². The van der Waals surface area contributed by atoms with Crippen LogP contribution in [0, 0.1) is 6.92 Å². The Morgan fingerprint density at radius 1 is 1.20 bits per heavy atom. The van der Waals surface area contributed by atoms with Crippen molar-refractivity contribution in [2.24, 2.45) is 5.10 Å². The average Bonchev–Trinajstić information content (AvgIpc) is 2.62. The molecule has 0 aliphatic rings. The van der Waals surface area contributed by atoms with Crippen LogP contribution >= 0.6 is 0 Å². The van der Waals surface area contributed by atoms with E-state index in [4.69, 9.17) is 9.47 Å². The summed E-state index contributed by atoms with van der Waals surface area (Å²) in [4.78, 5) is 11.8. The molecule has 132 valence electrons. The molecule has 0 atom stereocenters. The summed E-state index contributed by atoms with van der Waals surface area (Å²) in [6.07, 6.45) is 1.44. The molecule has 2 rings (SSSR count). The average molecular weight is 343 g/mol. The minimum absolute atomic E-state index is 0.0892. The molecule has 0 unspecified atom stereocenters. The third kappa shape index (κ3) is 4.87. The van der Waals surface area contributed by atoms with Gasteiger partial charge in [0.2, 0.25) is 5.75 Å². The van der Waals surface area contributed by atoms with E-state index in [1.165, 1.54) is 20.4 Å². The normalized spacial score (nSPS) is 10.5. The van der Waals surface area contributed by atoms with Crippen molar-refractivity contribution in [3.63, 3.8) is 0 Å². The molecule has 0 heterocycles. The fourth-order valence-corrected chi connectivity index (χ4v) is 2.15. The summed E-state index contributed by atoms with van der Waals surface area (Å²) in [5.74, 6) is 0.146. The number of anilines is 1. The number of benzene rings is 2. The molecule has 2 aromatic carbocycles. The van der Waals surface area contributed by atoms with Crippen LogP contribution in [0.1, 0.15) is 11.1 Å². The molecular weight excluding hydrogens is 322 g/mol. The van der Waals surface area contributed by atoms with Gasteiger partial charge in [-0.2, -0.15) is 5.10 Å². The maximum absolute atomic E-state index is 11.8. The van der Waals surface area contributed by atoms with Gasteiger partial charge in [-0.25, -0.2) is 5.43 Å². The van der Waals surface area contributed by atoms with Crippen LogP contribution in [0.15, 0.2) is 41.5 Å². The summed E-state index contributed by atoms with van der Waals surface area (Å²) in [5, 5.41) is 16.8.